The predicted molar refractivity (Wildman–Crippen MR) is 157 cm³/mol. The van der Waals surface area contributed by atoms with Crippen molar-refractivity contribution >= 4 is 23.4 Å². The zero-order chi connectivity index (χ0) is 29.9. The molecule has 1 unspecified atom stereocenters. The van der Waals surface area contributed by atoms with Crippen LogP contribution in [0.4, 0.5) is 4.79 Å². The Kier molecular flexibility index (Phi) is 8.88. The lowest BCUT2D eigenvalue weighted by atomic mass is 9.68. The Hall–Kier alpha value is -3.71. The second-order valence-corrected chi connectivity index (χ2v) is 12.8. The van der Waals surface area contributed by atoms with Gasteiger partial charge in [-0.15, -0.1) is 10.2 Å². The largest absolute Gasteiger partial charge is 0.490 e. The third kappa shape index (κ3) is 6.62. The van der Waals surface area contributed by atoms with E-state index in [2.05, 4.69) is 35.3 Å². The average Bonchev–Trinajstić information content (AvgIpc) is 3.42. The Morgan fingerprint density at radius 2 is 2.02 bits per heavy atom. The van der Waals surface area contributed by atoms with Crippen LogP contribution < -0.4 is 4.74 Å². The minimum Gasteiger partial charge on any atom is -0.490 e. The third-order valence-corrected chi connectivity index (χ3v) is 8.48. The number of ether oxygens (including phenoxy) is 3. The molecule has 2 aliphatic rings. The number of hydrogen-bond acceptors (Lipinski definition) is 9. The van der Waals surface area contributed by atoms with Crippen LogP contribution >= 0.6 is 11.3 Å². The molecule has 1 heterocycles. The number of benzene rings is 1. The average molecular weight is 579 g/mol. The molecule has 2 aromatic rings. The van der Waals surface area contributed by atoms with Gasteiger partial charge in [0.2, 0.25) is 0 Å². The topological polar surface area (TPSA) is 115 Å². The lowest BCUT2D eigenvalue weighted by Gasteiger charge is -2.42. The van der Waals surface area contributed by atoms with Crippen molar-refractivity contribution in [2.24, 2.45) is 0 Å². The smallest absolute Gasteiger partial charge is 0.411 e. The van der Waals surface area contributed by atoms with Crippen molar-refractivity contribution in [3.8, 4) is 22.4 Å². The molecule has 2 aliphatic carbocycles. The molecule has 1 aromatic carbocycles. The van der Waals surface area contributed by atoms with Crippen LogP contribution in [0.2, 0.25) is 0 Å². The van der Waals surface area contributed by atoms with Gasteiger partial charge in [0.25, 0.3) is 0 Å². The number of nitriles is 1. The summed E-state index contributed by atoms with van der Waals surface area (Å²) in [6, 6.07) is 7.39. The number of nitrogens with zero attached hydrogens (tertiary/aromatic N) is 4. The van der Waals surface area contributed by atoms with Crippen LogP contribution in [0, 0.1) is 11.3 Å². The Morgan fingerprint density at radius 3 is 2.68 bits per heavy atom. The number of carbonyl (C=O) groups excluding carboxylic acids is 2. The highest BCUT2D eigenvalue weighted by atomic mass is 32.1. The van der Waals surface area contributed by atoms with Crippen LogP contribution in [0.3, 0.4) is 0 Å². The zero-order valence-corrected chi connectivity index (χ0v) is 25.6. The first-order valence-electron chi connectivity index (χ1n) is 13.9. The number of methoxy groups -OCH3 is 1. The maximum atomic E-state index is 13.3. The number of amides is 1. The quantitative estimate of drug-likeness (QED) is 0.350. The molecule has 0 saturated carbocycles. The first kappa shape index (κ1) is 30.3. The van der Waals surface area contributed by atoms with Gasteiger partial charge in [-0.1, -0.05) is 29.1 Å². The van der Waals surface area contributed by atoms with Crippen molar-refractivity contribution in [1.29, 1.82) is 5.26 Å². The second-order valence-electron chi connectivity index (χ2n) is 11.9. The van der Waals surface area contributed by atoms with Gasteiger partial charge in [0.15, 0.2) is 0 Å². The van der Waals surface area contributed by atoms with Gasteiger partial charge in [0.05, 0.1) is 24.8 Å². The van der Waals surface area contributed by atoms with Gasteiger partial charge in [0.1, 0.15) is 34.0 Å². The molecule has 0 radical (unpaired) electrons. The fourth-order valence-corrected chi connectivity index (χ4v) is 6.38. The molecule has 41 heavy (non-hydrogen) atoms. The number of allylic oxidation sites excluding steroid dienone is 2. The Balaban J connectivity index is 1.70. The number of hydrogen-bond donors (Lipinski definition) is 0. The monoisotopic (exact) mass is 578 g/mol. The lowest BCUT2D eigenvalue weighted by molar-refractivity contribution is -0.142. The summed E-state index contributed by atoms with van der Waals surface area (Å²) in [5.41, 5.74) is 2.33. The first-order valence-corrected chi connectivity index (χ1v) is 14.7. The second kappa shape index (κ2) is 12.0. The molecule has 0 N–H and O–H groups in total. The van der Waals surface area contributed by atoms with Crippen LogP contribution in [-0.4, -0.2) is 58.6 Å². The van der Waals surface area contributed by atoms with Crippen molar-refractivity contribution in [2.45, 2.75) is 90.4 Å². The molecule has 2 atom stereocenters. The van der Waals surface area contributed by atoms with Crippen molar-refractivity contribution in [3.05, 3.63) is 52.1 Å². The highest BCUT2D eigenvalue weighted by Gasteiger charge is 2.43. The highest BCUT2D eigenvalue weighted by Crippen LogP contribution is 2.48. The maximum Gasteiger partial charge on any atom is 0.411 e. The third-order valence-electron chi connectivity index (χ3n) is 7.24. The Morgan fingerprint density at radius 1 is 1.27 bits per heavy atom. The maximum absolute atomic E-state index is 13.3. The number of rotatable bonds is 7. The minimum absolute atomic E-state index is 0.0407. The zero-order valence-electron chi connectivity index (χ0n) is 24.8. The summed E-state index contributed by atoms with van der Waals surface area (Å²) < 4.78 is 16.4. The number of carbonyl (C=O) groups is 2. The summed E-state index contributed by atoms with van der Waals surface area (Å²) in [5.74, 6) is 0.0476. The molecule has 1 amide bonds. The van der Waals surface area contributed by atoms with E-state index in [-0.39, 0.29) is 18.7 Å². The van der Waals surface area contributed by atoms with E-state index in [1.807, 2.05) is 40.7 Å². The minimum atomic E-state index is -0.707. The first-order chi connectivity index (χ1) is 19.4. The van der Waals surface area contributed by atoms with E-state index in [1.54, 1.807) is 12.1 Å². The molecule has 9 nitrogen and oxygen atoms in total. The van der Waals surface area contributed by atoms with Crippen LogP contribution in [0.1, 0.15) is 77.8 Å². The van der Waals surface area contributed by atoms with E-state index in [0.717, 1.165) is 40.4 Å². The summed E-state index contributed by atoms with van der Waals surface area (Å²) in [6.45, 7) is 11.2. The van der Waals surface area contributed by atoms with Gasteiger partial charge in [0, 0.05) is 11.0 Å². The van der Waals surface area contributed by atoms with Crippen LogP contribution in [0.25, 0.3) is 10.6 Å². The molecule has 4 rings (SSSR count). The lowest BCUT2D eigenvalue weighted by Crippen LogP contribution is -2.49. The summed E-state index contributed by atoms with van der Waals surface area (Å²) in [4.78, 5) is 27.2. The van der Waals surface area contributed by atoms with E-state index < -0.39 is 23.1 Å². The summed E-state index contributed by atoms with van der Waals surface area (Å²) in [7, 11) is 1.32. The van der Waals surface area contributed by atoms with E-state index in [4.69, 9.17) is 14.2 Å². The van der Waals surface area contributed by atoms with Crippen LogP contribution in [0.15, 0.2) is 41.5 Å². The molecule has 218 valence electrons. The number of esters is 1. The van der Waals surface area contributed by atoms with Crippen LogP contribution in [-0.2, 0) is 19.7 Å². The molecule has 0 spiro atoms. The van der Waals surface area contributed by atoms with Crippen LogP contribution in [0.5, 0.6) is 5.75 Å². The molecule has 0 bridgehead atoms. The fraction of sp³-hybridized carbons (Fsp3) is 0.516. The standard InChI is InChI=1S/C31H38N4O5S/c1-19(2)39-25-14-13-20(16-21(25)17-32)27-33-34-28(41-27)31(6)15-9-10-22-23(31)11-8-12-24(22)35(18-26(36)38-7)29(37)40-30(3,4)5/h9-10,13-14,16,19,24H,8,11-12,15,18H2,1-7H3/t24-,31?/m1/s1. The van der Waals surface area contributed by atoms with Gasteiger partial charge in [-0.25, -0.2) is 4.79 Å². The number of aromatic nitrogens is 2. The Bertz CT molecular complexity index is 1410. The molecular formula is C31H38N4O5S. The van der Waals surface area contributed by atoms with Crippen molar-refractivity contribution in [2.75, 3.05) is 13.7 Å². The molecule has 10 heteroatoms. The summed E-state index contributed by atoms with van der Waals surface area (Å²) in [6.07, 6.45) is 6.74. The fourth-order valence-electron chi connectivity index (χ4n) is 5.36. The van der Waals surface area contributed by atoms with E-state index in [9.17, 15) is 14.9 Å². The molecular weight excluding hydrogens is 540 g/mol. The van der Waals surface area contributed by atoms with E-state index in [1.165, 1.54) is 28.9 Å². The van der Waals surface area contributed by atoms with Crippen molar-refractivity contribution in [3.63, 3.8) is 0 Å². The molecule has 1 aromatic heterocycles. The van der Waals surface area contributed by atoms with Gasteiger partial charge in [-0.2, -0.15) is 5.26 Å². The van der Waals surface area contributed by atoms with E-state index >= 15 is 0 Å². The van der Waals surface area contributed by atoms with Gasteiger partial charge >= 0.3 is 12.1 Å². The highest BCUT2D eigenvalue weighted by molar-refractivity contribution is 7.14. The normalized spacial score (nSPS) is 20.3. The SMILES string of the molecule is COC(=O)CN(C(=O)OC(C)(C)C)[C@@H]1CCCC2=C1C=CCC2(C)c1nnc(-c2ccc(OC(C)C)c(C#N)c2)s1. The summed E-state index contributed by atoms with van der Waals surface area (Å²) >= 11 is 1.50. The van der Waals surface area contributed by atoms with Gasteiger partial charge in [-0.3, -0.25) is 9.69 Å². The Labute approximate surface area is 245 Å². The molecule has 0 aliphatic heterocycles. The van der Waals surface area contributed by atoms with E-state index in [0.29, 0.717) is 17.7 Å². The van der Waals surface area contributed by atoms with Gasteiger partial charge in [-0.05, 0) is 91.0 Å². The molecule has 0 saturated heterocycles. The predicted octanol–water partition coefficient (Wildman–Crippen LogP) is 6.34. The summed E-state index contributed by atoms with van der Waals surface area (Å²) in [5, 5.41) is 20.4. The molecule has 0 fully saturated rings. The van der Waals surface area contributed by atoms with Crippen molar-refractivity contribution in [1.82, 2.24) is 15.1 Å². The van der Waals surface area contributed by atoms with Crippen molar-refractivity contribution < 1.29 is 23.8 Å². The van der Waals surface area contributed by atoms with Gasteiger partial charge < -0.3 is 14.2 Å².